The highest BCUT2D eigenvalue weighted by Crippen LogP contribution is 2.43. The van der Waals surface area contributed by atoms with Gasteiger partial charge in [0.2, 0.25) is 0 Å². The minimum Gasteiger partial charge on any atom is -0.208 e. The van der Waals surface area contributed by atoms with Crippen LogP contribution in [-0.2, 0) is 0 Å². The normalized spacial score (nSPS) is 11.2. The molecule has 10 rings (SSSR count). The minimum absolute atomic E-state index is 0.631. The highest BCUT2D eigenvalue weighted by molar-refractivity contribution is 6.13. The predicted molar refractivity (Wildman–Crippen MR) is 233 cm³/mol. The average molecular weight is 714 g/mol. The number of fused-ring (bicyclic) bond motifs is 2. The molecule has 0 amide bonds. The number of rotatable bonds is 7. The Hall–Kier alpha value is -7.49. The van der Waals surface area contributed by atoms with Crippen LogP contribution in [0, 0.1) is 0 Å². The van der Waals surface area contributed by atoms with Crippen molar-refractivity contribution in [3.8, 4) is 78.7 Å². The van der Waals surface area contributed by atoms with Gasteiger partial charge in [-0.25, -0.2) is 15.0 Å². The molecule has 3 heteroatoms. The lowest BCUT2D eigenvalue weighted by molar-refractivity contribution is 1.07. The molecule has 0 aliphatic rings. The van der Waals surface area contributed by atoms with Gasteiger partial charge >= 0.3 is 0 Å². The Morgan fingerprint density at radius 2 is 0.607 bits per heavy atom. The summed E-state index contributed by atoms with van der Waals surface area (Å²) in [5.74, 6) is 1.92. The molecule has 10 aromatic rings. The fourth-order valence-corrected chi connectivity index (χ4v) is 7.88. The fraction of sp³-hybridized carbons (Fsp3) is 0. The smallest absolute Gasteiger partial charge is 0.164 e. The zero-order valence-electron chi connectivity index (χ0n) is 30.5. The van der Waals surface area contributed by atoms with Gasteiger partial charge in [-0.2, -0.15) is 0 Å². The first-order valence-corrected chi connectivity index (χ1v) is 18.9. The average Bonchev–Trinajstić information content (AvgIpc) is 3.28. The van der Waals surface area contributed by atoms with E-state index in [-0.39, 0.29) is 0 Å². The largest absolute Gasteiger partial charge is 0.208 e. The van der Waals surface area contributed by atoms with Crippen molar-refractivity contribution >= 4 is 21.5 Å². The summed E-state index contributed by atoms with van der Waals surface area (Å²) in [6.45, 7) is 0. The molecule has 1 heterocycles. The third-order valence-corrected chi connectivity index (χ3v) is 10.5. The molecule has 0 unspecified atom stereocenters. The van der Waals surface area contributed by atoms with E-state index in [2.05, 4.69) is 152 Å². The van der Waals surface area contributed by atoms with Gasteiger partial charge in [0.1, 0.15) is 0 Å². The zero-order chi connectivity index (χ0) is 37.3. The molecule has 0 atom stereocenters. The van der Waals surface area contributed by atoms with E-state index in [9.17, 15) is 0 Å². The Bertz CT molecular complexity index is 2900. The summed E-state index contributed by atoms with van der Waals surface area (Å²) in [5, 5.41) is 4.98. The van der Waals surface area contributed by atoms with Gasteiger partial charge < -0.3 is 0 Å². The number of hydrogen-bond acceptors (Lipinski definition) is 3. The fourth-order valence-electron chi connectivity index (χ4n) is 7.88. The third kappa shape index (κ3) is 6.21. The monoisotopic (exact) mass is 713 g/mol. The summed E-state index contributed by atoms with van der Waals surface area (Å²) in [6.07, 6.45) is 0. The van der Waals surface area contributed by atoms with Crippen LogP contribution in [0.3, 0.4) is 0 Å². The van der Waals surface area contributed by atoms with Gasteiger partial charge in [-0.3, -0.25) is 0 Å². The summed E-state index contributed by atoms with van der Waals surface area (Å²) in [4.78, 5) is 15.0. The second kappa shape index (κ2) is 14.4. The topological polar surface area (TPSA) is 38.7 Å². The molecule has 0 saturated heterocycles. The van der Waals surface area contributed by atoms with Gasteiger partial charge in [0, 0.05) is 16.7 Å². The van der Waals surface area contributed by atoms with E-state index in [1.165, 1.54) is 43.8 Å². The molecular weight excluding hydrogens is 679 g/mol. The van der Waals surface area contributed by atoms with E-state index in [0.29, 0.717) is 17.5 Å². The van der Waals surface area contributed by atoms with E-state index < -0.39 is 0 Å². The lowest BCUT2D eigenvalue weighted by Crippen LogP contribution is -2.00. The van der Waals surface area contributed by atoms with Crippen molar-refractivity contribution in [3.05, 3.63) is 212 Å². The molecule has 1 aromatic heterocycles. The quantitative estimate of drug-likeness (QED) is 0.154. The molecule has 0 fully saturated rings. The van der Waals surface area contributed by atoms with Crippen molar-refractivity contribution < 1.29 is 0 Å². The number of nitrogens with zero attached hydrogens (tertiary/aromatic N) is 3. The Labute approximate surface area is 326 Å². The first-order chi connectivity index (χ1) is 27.8. The first-order valence-electron chi connectivity index (χ1n) is 18.9. The first kappa shape index (κ1) is 33.1. The Balaban J connectivity index is 1.14. The van der Waals surface area contributed by atoms with Crippen LogP contribution in [0.1, 0.15) is 0 Å². The maximum atomic E-state index is 5.04. The summed E-state index contributed by atoms with van der Waals surface area (Å²) in [5.41, 5.74) is 12.2. The van der Waals surface area contributed by atoms with E-state index in [1.807, 2.05) is 60.7 Å². The molecule has 0 bridgehead atoms. The molecule has 0 spiro atoms. The van der Waals surface area contributed by atoms with Crippen LogP contribution in [0.25, 0.3) is 100 Å². The van der Waals surface area contributed by atoms with Gasteiger partial charge in [-0.1, -0.05) is 194 Å². The van der Waals surface area contributed by atoms with Crippen molar-refractivity contribution in [1.29, 1.82) is 0 Å². The van der Waals surface area contributed by atoms with Crippen molar-refractivity contribution in [2.45, 2.75) is 0 Å². The van der Waals surface area contributed by atoms with Crippen molar-refractivity contribution in [3.63, 3.8) is 0 Å². The Morgan fingerprint density at radius 1 is 0.232 bits per heavy atom. The predicted octanol–water partition coefficient (Wildman–Crippen LogP) is 13.8. The van der Waals surface area contributed by atoms with Crippen LogP contribution < -0.4 is 0 Å². The molecule has 0 aliphatic heterocycles. The van der Waals surface area contributed by atoms with E-state index in [1.54, 1.807) is 0 Å². The summed E-state index contributed by atoms with van der Waals surface area (Å²) in [6, 6.07) is 74.9. The molecule has 0 aliphatic carbocycles. The van der Waals surface area contributed by atoms with E-state index in [0.717, 1.165) is 38.9 Å². The number of aromatic nitrogens is 3. The van der Waals surface area contributed by atoms with Gasteiger partial charge in [-0.15, -0.1) is 0 Å². The molecule has 56 heavy (non-hydrogen) atoms. The van der Waals surface area contributed by atoms with Crippen LogP contribution in [0.4, 0.5) is 0 Å². The third-order valence-electron chi connectivity index (χ3n) is 10.5. The molecule has 9 aromatic carbocycles. The molecule has 262 valence electrons. The van der Waals surface area contributed by atoms with Crippen molar-refractivity contribution in [1.82, 2.24) is 15.0 Å². The molecule has 0 N–H and O–H groups in total. The highest BCUT2D eigenvalue weighted by atomic mass is 15.0. The van der Waals surface area contributed by atoms with Crippen molar-refractivity contribution in [2.75, 3.05) is 0 Å². The maximum Gasteiger partial charge on any atom is 0.164 e. The lowest BCUT2D eigenvalue weighted by atomic mass is 9.86. The second-order valence-corrected chi connectivity index (χ2v) is 14.0. The van der Waals surface area contributed by atoms with Crippen LogP contribution in [0.2, 0.25) is 0 Å². The van der Waals surface area contributed by atoms with E-state index >= 15 is 0 Å². The lowest BCUT2D eigenvalue weighted by Gasteiger charge is -2.18. The second-order valence-electron chi connectivity index (χ2n) is 14.0. The van der Waals surface area contributed by atoms with Crippen LogP contribution in [0.5, 0.6) is 0 Å². The molecule has 0 radical (unpaired) electrons. The molecule has 0 saturated carbocycles. The highest BCUT2D eigenvalue weighted by Gasteiger charge is 2.18. The van der Waals surface area contributed by atoms with Gasteiger partial charge in [-0.05, 0) is 84.3 Å². The summed E-state index contributed by atoms with van der Waals surface area (Å²) >= 11 is 0. The van der Waals surface area contributed by atoms with Crippen LogP contribution in [0.15, 0.2) is 212 Å². The zero-order valence-corrected chi connectivity index (χ0v) is 30.5. The SMILES string of the molecule is c1ccc(-c2nc(-c3ccccc3)nc(-c3cccc(-c4cccc(-c5cccc(-c6c7ccccc7cc7ccccc67)c5)c4-c4ccccc4)c3)n2)cc1. The summed E-state index contributed by atoms with van der Waals surface area (Å²) in [7, 11) is 0. The maximum absolute atomic E-state index is 5.04. The minimum atomic E-state index is 0.631. The number of benzene rings is 9. The van der Waals surface area contributed by atoms with Gasteiger partial charge in [0.25, 0.3) is 0 Å². The van der Waals surface area contributed by atoms with Crippen LogP contribution >= 0.6 is 0 Å². The van der Waals surface area contributed by atoms with Gasteiger partial charge in [0.15, 0.2) is 17.5 Å². The van der Waals surface area contributed by atoms with Gasteiger partial charge in [0.05, 0.1) is 0 Å². The van der Waals surface area contributed by atoms with E-state index in [4.69, 9.17) is 15.0 Å². The Morgan fingerprint density at radius 3 is 1.14 bits per heavy atom. The Kier molecular flexibility index (Phi) is 8.51. The van der Waals surface area contributed by atoms with Crippen molar-refractivity contribution in [2.24, 2.45) is 0 Å². The van der Waals surface area contributed by atoms with Crippen LogP contribution in [-0.4, -0.2) is 15.0 Å². The number of hydrogen-bond donors (Lipinski definition) is 0. The molecular formula is C53H35N3. The summed E-state index contributed by atoms with van der Waals surface area (Å²) < 4.78 is 0. The molecule has 3 nitrogen and oxygen atoms in total. The standard InChI is InChI=1S/C53H35N3/c1-4-17-36(18-5-1)49-47(41-25-14-27-43(34-41)50-45-29-12-10-23-39(45)33-40-24-11-13-30-46(40)50)31-16-32-48(49)42-26-15-28-44(35-42)53-55-51(37-19-6-2-7-20-37)54-52(56-53)38-21-8-3-9-22-38/h1-35H.